The third-order valence-corrected chi connectivity index (χ3v) is 7.60. The molecule has 0 spiro atoms. The molecule has 4 rings (SSSR count). The highest BCUT2D eigenvalue weighted by Crippen LogP contribution is 2.64. The van der Waals surface area contributed by atoms with Crippen LogP contribution in [0, 0.1) is 28.6 Å². The van der Waals surface area contributed by atoms with Crippen molar-refractivity contribution in [3.05, 3.63) is 35.5 Å². The summed E-state index contributed by atoms with van der Waals surface area (Å²) in [4.78, 5) is 36.9. The number of fused-ring (bicyclic) bond motifs is 5. The van der Waals surface area contributed by atoms with Gasteiger partial charge in [0.25, 0.3) is 0 Å². The molecule has 0 aromatic carbocycles. The van der Waals surface area contributed by atoms with Crippen molar-refractivity contribution in [1.29, 1.82) is 0 Å². The lowest BCUT2D eigenvalue weighted by atomic mass is 9.48. The molecule has 0 bridgehead atoms. The van der Waals surface area contributed by atoms with Crippen molar-refractivity contribution in [3.63, 3.8) is 0 Å². The average molecular weight is 354 g/mol. The van der Waals surface area contributed by atoms with Gasteiger partial charge in [-0.05, 0) is 55.1 Å². The van der Waals surface area contributed by atoms with Gasteiger partial charge in [0.1, 0.15) is 5.78 Å². The number of ether oxygens (including phenoxy) is 1. The van der Waals surface area contributed by atoms with Gasteiger partial charge in [0.15, 0.2) is 5.78 Å². The standard InChI is InChI=1S/C22H26O4/c1-21-9-8-15(23)10-13(21)4-6-16-17-7-5-14(11-19(25)26-3)22(17,2)12-18(24)20(16)21/h8-11,16-17,20H,4-7,12H2,1-3H3/b14-11+/t16-,17-,20+,21+,22-/m1/s1. The van der Waals surface area contributed by atoms with E-state index in [1.165, 1.54) is 7.11 Å². The minimum absolute atomic E-state index is 0.0354. The Kier molecular flexibility index (Phi) is 3.87. The van der Waals surface area contributed by atoms with Gasteiger partial charge in [0, 0.05) is 23.8 Å². The number of carbonyl (C=O) groups is 3. The molecule has 0 unspecified atom stereocenters. The van der Waals surface area contributed by atoms with E-state index < -0.39 is 0 Å². The summed E-state index contributed by atoms with van der Waals surface area (Å²) in [6, 6.07) is 0. The third-order valence-electron chi connectivity index (χ3n) is 7.60. The van der Waals surface area contributed by atoms with Crippen LogP contribution >= 0.6 is 0 Å². The van der Waals surface area contributed by atoms with Gasteiger partial charge in [-0.3, -0.25) is 9.59 Å². The summed E-state index contributed by atoms with van der Waals surface area (Å²) in [5.41, 5.74) is 1.62. The zero-order valence-corrected chi connectivity index (χ0v) is 15.7. The van der Waals surface area contributed by atoms with Crippen molar-refractivity contribution in [1.82, 2.24) is 0 Å². The van der Waals surface area contributed by atoms with Crippen LogP contribution in [0.4, 0.5) is 0 Å². The number of esters is 1. The lowest BCUT2D eigenvalue weighted by Crippen LogP contribution is -2.53. The van der Waals surface area contributed by atoms with Gasteiger partial charge in [0.05, 0.1) is 7.11 Å². The Hall–Kier alpha value is -1.97. The molecule has 0 radical (unpaired) electrons. The summed E-state index contributed by atoms with van der Waals surface area (Å²) in [5, 5.41) is 0. The van der Waals surface area contributed by atoms with E-state index >= 15 is 0 Å². The Morgan fingerprint density at radius 3 is 2.73 bits per heavy atom. The van der Waals surface area contributed by atoms with E-state index in [2.05, 4.69) is 13.8 Å². The number of carbonyl (C=O) groups excluding carboxylic acids is 3. The van der Waals surface area contributed by atoms with Crippen molar-refractivity contribution < 1.29 is 19.1 Å². The van der Waals surface area contributed by atoms with Gasteiger partial charge in [-0.15, -0.1) is 0 Å². The zero-order valence-electron chi connectivity index (χ0n) is 15.7. The normalized spacial score (nSPS) is 42.8. The molecule has 3 saturated carbocycles. The largest absolute Gasteiger partial charge is 0.466 e. The van der Waals surface area contributed by atoms with Crippen LogP contribution in [0.3, 0.4) is 0 Å². The highest BCUT2D eigenvalue weighted by atomic mass is 16.5. The van der Waals surface area contributed by atoms with Gasteiger partial charge in [-0.1, -0.05) is 31.1 Å². The fraction of sp³-hybridized carbons (Fsp3) is 0.591. The first-order valence-corrected chi connectivity index (χ1v) is 9.55. The minimum atomic E-state index is -0.329. The number of hydrogen-bond donors (Lipinski definition) is 0. The van der Waals surface area contributed by atoms with Crippen molar-refractivity contribution in [2.75, 3.05) is 7.11 Å². The quantitative estimate of drug-likeness (QED) is 0.533. The van der Waals surface area contributed by atoms with Crippen LogP contribution in [0.15, 0.2) is 35.5 Å². The Labute approximate surface area is 154 Å². The Balaban J connectivity index is 1.72. The van der Waals surface area contributed by atoms with Crippen LogP contribution in [-0.2, 0) is 19.1 Å². The Morgan fingerprint density at radius 2 is 2.00 bits per heavy atom. The molecule has 0 N–H and O–H groups in total. The van der Waals surface area contributed by atoms with Crippen LogP contribution in [-0.4, -0.2) is 24.6 Å². The van der Waals surface area contributed by atoms with Crippen molar-refractivity contribution in [2.45, 2.75) is 46.0 Å². The van der Waals surface area contributed by atoms with E-state index in [0.717, 1.165) is 36.8 Å². The molecule has 0 aliphatic heterocycles. The zero-order chi connectivity index (χ0) is 18.7. The Morgan fingerprint density at radius 1 is 1.23 bits per heavy atom. The van der Waals surface area contributed by atoms with E-state index in [1.54, 1.807) is 18.2 Å². The molecule has 4 heteroatoms. The van der Waals surface area contributed by atoms with Crippen LogP contribution in [0.2, 0.25) is 0 Å². The topological polar surface area (TPSA) is 60.4 Å². The van der Waals surface area contributed by atoms with E-state index in [0.29, 0.717) is 18.3 Å². The van der Waals surface area contributed by atoms with E-state index in [4.69, 9.17) is 4.74 Å². The molecule has 5 atom stereocenters. The second-order valence-electron chi connectivity index (χ2n) is 8.77. The number of rotatable bonds is 1. The highest BCUT2D eigenvalue weighted by Gasteiger charge is 2.60. The minimum Gasteiger partial charge on any atom is -0.466 e. The molecule has 0 saturated heterocycles. The molecular weight excluding hydrogens is 328 g/mol. The van der Waals surface area contributed by atoms with Gasteiger partial charge in [0.2, 0.25) is 0 Å². The van der Waals surface area contributed by atoms with Gasteiger partial charge in [-0.25, -0.2) is 4.79 Å². The molecule has 138 valence electrons. The van der Waals surface area contributed by atoms with E-state index in [1.807, 2.05) is 6.08 Å². The first-order chi connectivity index (χ1) is 12.3. The summed E-state index contributed by atoms with van der Waals surface area (Å²) in [6.45, 7) is 4.28. The maximum atomic E-state index is 13.3. The number of Topliss-reactive ketones (excluding diaryl/α,β-unsaturated/α-hetero) is 1. The second-order valence-corrected chi connectivity index (χ2v) is 8.77. The smallest absolute Gasteiger partial charge is 0.330 e. The maximum absolute atomic E-state index is 13.3. The van der Waals surface area contributed by atoms with Crippen molar-refractivity contribution in [3.8, 4) is 0 Å². The summed E-state index contributed by atoms with van der Waals surface area (Å²) < 4.78 is 4.82. The molecule has 0 aromatic heterocycles. The fourth-order valence-corrected chi connectivity index (χ4v) is 6.32. The predicted molar refractivity (Wildman–Crippen MR) is 97.1 cm³/mol. The SMILES string of the molecule is COC(=O)/C=C1\CC[C@@H]2[C@H]3CCC4=CC(=O)C=C[C@]4(C)[C@@H]3C(=O)C[C@]12C. The first-order valence-electron chi connectivity index (χ1n) is 9.55. The Bertz CT molecular complexity index is 786. The number of allylic oxidation sites excluding steroid dienone is 5. The first kappa shape index (κ1) is 17.4. The molecule has 3 fully saturated rings. The van der Waals surface area contributed by atoms with Crippen molar-refractivity contribution in [2.24, 2.45) is 28.6 Å². The third kappa shape index (κ3) is 2.30. The second kappa shape index (κ2) is 5.77. The summed E-state index contributed by atoms with van der Waals surface area (Å²) >= 11 is 0. The molecule has 4 aliphatic carbocycles. The van der Waals surface area contributed by atoms with Crippen LogP contribution in [0.1, 0.15) is 46.0 Å². The van der Waals surface area contributed by atoms with Gasteiger partial charge >= 0.3 is 5.97 Å². The van der Waals surface area contributed by atoms with Crippen molar-refractivity contribution >= 4 is 17.5 Å². The molecule has 26 heavy (non-hydrogen) atoms. The lowest BCUT2D eigenvalue weighted by Gasteiger charge is -2.55. The summed E-state index contributed by atoms with van der Waals surface area (Å²) in [7, 11) is 1.39. The highest BCUT2D eigenvalue weighted by molar-refractivity contribution is 6.01. The number of methoxy groups -OCH3 is 1. The molecule has 0 heterocycles. The molecule has 4 nitrogen and oxygen atoms in total. The van der Waals surface area contributed by atoms with Crippen LogP contribution in [0.5, 0.6) is 0 Å². The van der Waals surface area contributed by atoms with Crippen LogP contribution < -0.4 is 0 Å². The van der Waals surface area contributed by atoms with Gasteiger partial charge < -0.3 is 4.74 Å². The molecule has 4 aliphatic rings. The summed E-state index contributed by atoms with van der Waals surface area (Å²) in [6.07, 6.45) is 11.1. The van der Waals surface area contributed by atoms with Crippen LogP contribution in [0.25, 0.3) is 0 Å². The monoisotopic (exact) mass is 354 g/mol. The lowest BCUT2D eigenvalue weighted by molar-refractivity contribution is -0.140. The molecule has 0 aromatic rings. The van der Waals surface area contributed by atoms with Gasteiger partial charge in [-0.2, -0.15) is 0 Å². The average Bonchev–Trinajstić information content (AvgIpc) is 2.91. The number of ketones is 2. The molecule has 0 amide bonds. The summed E-state index contributed by atoms with van der Waals surface area (Å²) in [5.74, 6) is 0.649. The maximum Gasteiger partial charge on any atom is 0.330 e. The predicted octanol–water partition coefficient (Wildman–Crippen LogP) is 3.57. The molecular formula is C22H26O4. The number of hydrogen-bond acceptors (Lipinski definition) is 4. The van der Waals surface area contributed by atoms with E-state index in [-0.39, 0.29) is 34.3 Å². The fourth-order valence-electron chi connectivity index (χ4n) is 6.32. The van der Waals surface area contributed by atoms with E-state index in [9.17, 15) is 14.4 Å².